The lowest BCUT2D eigenvalue weighted by Gasteiger charge is -2.11. The lowest BCUT2D eigenvalue weighted by Crippen LogP contribution is -2.18. The van der Waals surface area contributed by atoms with Gasteiger partial charge in [0.05, 0.1) is 7.11 Å². The summed E-state index contributed by atoms with van der Waals surface area (Å²) in [6, 6.07) is 5.36. The summed E-state index contributed by atoms with van der Waals surface area (Å²) in [6.07, 6.45) is 0. The van der Waals surface area contributed by atoms with Gasteiger partial charge in [0.1, 0.15) is 5.56 Å². The van der Waals surface area contributed by atoms with E-state index < -0.39 is 40.5 Å². The monoisotopic (exact) mass is 341 g/mol. The van der Waals surface area contributed by atoms with Gasteiger partial charge in [0, 0.05) is 11.3 Å². The van der Waals surface area contributed by atoms with E-state index in [9.17, 15) is 27.2 Å². The van der Waals surface area contributed by atoms with E-state index in [1.54, 1.807) is 0 Å². The van der Waals surface area contributed by atoms with Crippen LogP contribution in [-0.4, -0.2) is 18.8 Å². The molecule has 0 atom stereocenters. The molecule has 0 aliphatic rings. The maximum Gasteiger partial charge on any atom is 0.261 e. The van der Waals surface area contributed by atoms with Crippen molar-refractivity contribution < 1.29 is 31.9 Å². The average Bonchev–Trinajstić information content (AvgIpc) is 2.54. The average molecular weight is 341 g/mol. The molecule has 0 bridgehead atoms. The highest BCUT2D eigenvalue weighted by Gasteiger charge is 2.30. The number of hydrogen-bond acceptors (Lipinski definition) is 3. The third kappa shape index (κ3) is 3.08. The zero-order valence-electron chi connectivity index (χ0n) is 12.5. The van der Waals surface area contributed by atoms with Crippen LogP contribution in [-0.2, 0) is 0 Å². The van der Waals surface area contributed by atoms with Crippen LogP contribution in [0.2, 0.25) is 0 Å². The van der Waals surface area contributed by atoms with E-state index in [-0.39, 0.29) is 11.5 Å². The number of nitrogens with one attached hydrogen (secondary N) is 1. The highest BCUT2D eigenvalue weighted by Crippen LogP contribution is 2.30. The second-order valence-corrected chi connectivity index (χ2v) is 4.75. The fourth-order valence-corrected chi connectivity index (χ4v) is 1.97. The van der Waals surface area contributed by atoms with E-state index in [1.807, 2.05) is 0 Å². The molecule has 0 spiro atoms. The van der Waals surface area contributed by atoms with Crippen LogP contribution in [0.3, 0.4) is 0 Å². The van der Waals surface area contributed by atoms with Crippen LogP contribution >= 0.6 is 0 Å². The Kier molecular flexibility index (Phi) is 4.87. The number of benzene rings is 2. The fraction of sp³-hybridized carbons (Fsp3) is 0.125. The van der Waals surface area contributed by atoms with Crippen LogP contribution in [0.1, 0.15) is 27.6 Å². The van der Waals surface area contributed by atoms with Gasteiger partial charge in [-0.15, -0.1) is 0 Å². The molecule has 126 valence electrons. The summed E-state index contributed by atoms with van der Waals surface area (Å²) >= 11 is 0. The maximum absolute atomic E-state index is 13.8. The standard InChI is InChI=1S/C16H11F4NO3/c1-7(22)8-3-5-9(6-4-8)21-16(23)10-11(17)13(19)15(24-2)14(20)12(10)18/h3-6H,1-2H3,(H,21,23). The Morgan fingerprint density at radius 2 is 1.42 bits per heavy atom. The van der Waals surface area contributed by atoms with E-state index in [1.165, 1.54) is 31.2 Å². The van der Waals surface area contributed by atoms with Crippen molar-refractivity contribution >= 4 is 17.4 Å². The Labute approximate surface area is 134 Å². The second kappa shape index (κ2) is 6.69. The van der Waals surface area contributed by atoms with Gasteiger partial charge in [-0.3, -0.25) is 9.59 Å². The number of anilines is 1. The van der Waals surface area contributed by atoms with Gasteiger partial charge in [0.2, 0.25) is 11.6 Å². The van der Waals surface area contributed by atoms with Gasteiger partial charge in [0.15, 0.2) is 23.2 Å². The molecular formula is C16H11F4NO3. The topological polar surface area (TPSA) is 55.4 Å². The van der Waals surface area contributed by atoms with Crippen molar-refractivity contribution in [2.75, 3.05) is 12.4 Å². The van der Waals surface area contributed by atoms with E-state index in [2.05, 4.69) is 10.1 Å². The lowest BCUT2D eigenvalue weighted by atomic mass is 10.1. The third-order valence-corrected chi connectivity index (χ3v) is 3.20. The van der Waals surface area contributed by atoms with Gasteiger partial charge in [-0.2, -0.15) is 8.78 Å². The molecular weight excluding hydrogens is 330 g/mol. The largest absolute Gasteiger partial charge is 0.491 e. The van der Waals surface area contributed by atoms with Crippen molar-refractivity contribution in [1.29, 1.82) is 0 Å². The predicted molar refractivity (Wildman–Crippen MR) is 77.2 cm³/mol. The van der Waals surface area contributed by atoms with Crippen molar-refractivity contribution in [3.05, 3.63) is 58.7 Å². The van der Waals surface area contributed by atoms with Crippen molar-refractivity contribution in [3.63, 3.8) is 0 Å². The van der Waals surface area contributed by atoms with E-state index in [4.69, 9.17) is 0 Å². The summed E-state index contributed by atoms with van der Waals surface area (Å²) in [5.41, 5.74) is -0.978. The van der Waals surface area contributed by atoms with Crippen LogP contribution in [0.4, 0.5) is 23.2 Å². The van der Waals surface area contributed by atoms with Crippen molar-refractivity contribution in [3.8, 4) is 5.75 Å². The van der Waals surface area contributed by atoms with Crippen LogP contribution in [0, 0.1) is 23.3 Å². The molecule has 0 aromatic heterocycles. The fourth-order valence-electron chi connectivity index (χ4n) is 1.97. The second-order valence-electron chi connectivity index (χ2n) is 4.75. The molecule has 8 heteroatoms. The number of ether oxygens (including phenoxy) is 1. The molecule has 24 heavy (non-hydrogen) atoms. The van der Waals surface area contributed by atoms with Crippen molar-refractivity contribution in [2.45, 2.75) is 6.92 Å². The van der Waals surface area contributed by atoms with Gasteiger partial charge in [-0.05, 0) is 31.2 Å². The van der Waals surface area contributed by atoms with E-state index in [0.29, 0.717) is 5.56 Å². The molecule has 2 aromatic carbocycles. The van der Waals surface area contributed by atoms with Gasteiger partial charge in [0.25, 0.3) is 5.91 Å². The summed E-state index contributed by atoms with van der Waals surface area (Å²) in [5, 5.41) is 2.09. The number of hydrogen-bond donors (Lipinski definition) is 1. The van der Waals surface area contributed by atoms with Crippen LogP contribution in [0.25, 0.3) is 0 Å². The molecule has 0 unspecified atom stereocenters. The number of carbonyl (C=O) groups excluding carboxylic acids is 2. The Morgan fingerprint density at radius 1 is 0.917 bits per heavy atom. The highest BCUT2D eigenvalue weighted by molar-refractivity contribution is 6.05. The zero-order chi connectivity index (χ0) is 18.0. The molecule has 1 amide bonds. The molecule has 0 aliphatic carbocycles. The Bertz CT molecular complexity index is 790. The lowest BCUT2D eigenvalue weighted by molar-refractivity contribution is 0.100. The molecule has 0 aliphatic heterocycles. The number of Topliss-reactive ketones (excluding diaryl/α,β-unsaturated/α-hetero) is 1. The molecule has 0 fully saturated rings. The summed E-state index contributed by atoms with van der Waals surface area (Å²) in [4.78, 5) is 23.1. The third-order valence-electron chi connectivity index (χ3n) is 3.20. The normalized spacial score (nSPS) is 10.4. The van der Waals surface area contributed by atoms with Gasteiger partial charge >= 0.3 is 0 Å². The molecule has 0 radical (unpaired) electrons. The maximum atomic E-state index is 13.8. The Balaban J connectivity index is 2.38. The first-order chi connectivity index (χ1) is 11.3. The number of amides is 1. The zero-order valence-corrected chi connectivity index (χ0v) is 12.5. The highest BCUT2D eigenvalue weighted by atomic mass is 19.2. The number of ketones is 1. The predicted octanol–water partition coefficient (Wildman–Crippen LogP) is 3.71. The molecule has 4 nitrogen and oxygen atoms in total. The number of halogens is 4. The number of rotatable bonds is 4. The van der Waals surface area contributed by atoms with Gasteiger partial charge in [-0.1, -0.05) is 0 Å². The minimum absolute atomic E-state index is 0.0837. The molecule has 0 saturated carbocycles. The van der Waals surface area contributed by atoms with Crippen molar-refractivity contribution in [1.82, 2.24) is 0 Å². The summed E-state index contributed by atoms with van der Waals surface area (Å²) in [7, 11) is 0.830. The Morgan fingerprint density at radius 3 is 1.83 bits per heavy atom. The minimum Gasteiger partial charge on any atom is -0.491 e. The SMILES string of the molecule is COc1c(F)c(F)c(C(=O)Nc2ccc(C(C)=O)cc2)c(F)c1F. The Hall–Kier alpha value is -2.90. The number of carbonyl (C=O) groups is 2. The molecule has 1 N–H and O–H groups in total. The van der Waals surface area contributed by atoms with E-state index in [0.717, 1.165) is 7.11 Å². The number of methoxy groups -OCH3 is 1. The van der Waals surface area contributed by atoms with Crippen LogP contribution < -0.4 is 10.1 Å². The smallest absolute Gasteiger partial charge is 0.261 e. The quantitative estimate of drug-likeness (QED) is 0.524. The first-order valence-electron chi connectivity index (χ1n) is 6.60. The molecule has 0 heterocycles. The summed E-state index contributed by atoms with van der Waals surface area (Å²) in [6.45, 7) is 1.33. The molecule has 2 rings (SSSR count). The van der Waals surface area contributed by atoms with E-state index >= 15 is 0 Å². The summed E-state index contributed by atoms with van der Waals surface area (Å²) < 4.78 is 59.2. The first kappa shape index (κ1) is 17.5. The van der Waals surface area contributed by atoms with Gasteiger partial charge in [-0.25, -0.2) is 8.78 Å². The van der Waals surface area contributed by atoms with Crippen LogP contribution in [0.5, 0.6) is 5.75 Å². The van der Waals surface area contributed by atoms with Gasteiger partial charge < -0.3 is 10.1 Å². The van der Waals surface area contributed by atoms with Crippen molar-refractivity contribution in [2.24, 2.45) is 0 Å². The minimum atomic E-state index is -1.87. The summed E-state index contributed by atoms with van der Waals surface area (Å²) in [5.74, 6) is -10.2. The van der Waals surface area contributed by atoms with Crippen LogP contribution in [0.15, 0.2) is 24.3 Å². The molecule has 2 aromatic rings. The molecule has 0 saturated heterocycles. The first-order valence-corrected chi connectivity index (χ1v) is 6.60.